The maximum Gasteiger partial charge on any atom is 0.240 e. The van der Waals surface area contributed by atoms with Gasteiger partial charge in [-0.3, -0.25) is 0 Å². The van der Waals surface area contributed by atoms with Gasteiger partial charge in [-0.25, -0.2) is 18.2 Å². The summed E-state index contributed by atoms with van der Waals surface area (Å²) in [4.78, 5) is 1.00. The Labute approximate surface area is 172 Å². The molecule has 0 fully saturated rings. The summed E-state index contributed by atoms with van der Waals surface area (Å²) in [6.07, 6.45) is 0. The van der Waals surface area contributed by atoms with Crippen molar-refractivity contribution < 1.29 is 8.42 Å². The Bertz CT molecular complexity index is 1260. The topological polar surface area (TPSA) is 78.0 Å². The minimum Gasteiger partial charge on any atom is -0.230 e. The highest BCUT2D eigenvalue weighted by atomic mass is 35.5. The number of sulfonamides is 1. The lowest BCUT2D eigenvalue weighted by Gasteiger charge is -2.10. The van der Waals surface area contributed by atoms with Crippen LogP contribution in [0.5, 0.6) is 0 Å². The normalized spacial score (nSPS) is 11.7. The molecular formula is C20H16ClN3O2S2. The molecule has 0 saturated carbocycles. The van der Waals surface area contributed by atoms with Crippen LogP contribution in [0.2, 0.25) is 5.02 Å². The van der Waals surface area contributed by atoms with Gasteiger partial charge in [-0.2, -0.15) is 5.10 Å². The third-order valence-electron chi connectivity index (χ3n) is 4.23. The minimum absolute atomic E-state index is 0.0234. The first-order valence-corrected chi connectivity index (χ1v) is 11.2. The number of nitrogens with zero attached hydrogens (tertiary/aromatic N) is 2. The van der Waals surface area contributed by atoms with Crippen molar-refractivity contribution in [3.63, 3.8) is 0 Å². The number of thiophene rings is 1. The highest BCUT2D eigenvalue weighted by molar-refractivity contribution is 7.89. The van der Waals surface area contributed by atoms with Crippen LogP contribution in [0, 0.1) is 6.92 Å². The van der Waals surface area contributed by atoms with Gasteiger partial charge in [0.1, 0.15) is 4.90 Å². The Hall–Kier alpha value is -2.45. The standard InChI is InChI=1S/C20H16ClN3O2S2/c1-13-10-19(27-12-13)18-11-16(14-6-8-15(21)9-7-14)23-24(18)17-4-2-3-5-20(17)28(22,25)26/h2-12H,1H3,(H2,22,25,26). The van der Waals surface area contributed by atoms with Gasteiger partial charge < -0.3 is 0 Å². The molecule has 0 aliphatic rings. The summed E-state index contributed by atoms with van der Waals surface area (Å²) < 4.78 is 25.9. The maximum atomic E-state index is 12.1. The van der Waals surface area contributed by atoms with Crippen molar-refractivity contribution in [3.8, 4) is 27.5 Å². The van der Waals surface area contributed by atoms with Gasteiger partial charge in [0.05, 0.1) is 22.0 Å². The van der Waals surface area contributed by atoms with Gasteiger partial charge in [0.2, 0.25) is 10.0 Å². The van der Waals surface area contributed by atoms with Gasteiger partial charge in [0.25, 0.3) is 0 Å². The second-order valence-electron chi connectivity index (χ2n) is 6.33. The first-order valence-electron chi connectivity index (χ1n) is 8.36. The van der Waals surface area contributed by atoms with E-state index >= 15 is 0 Å². The van der Waals surface area contributed by atoms with Gasteiger partial charge in [0.15, 0.2) is 0 Å². The lowest BCUT2D eigenvalue weighted by Crippen LogP contribution is -2.16. The molecule has 0 bridgehead atoms. The number of halogens is 1. The number of aromatic nitrogens is 2. The van der Waals surface area contributed by atoms with Crippen LogP contribution in [-0.4, -0.2) is 18.2 Å². The average Bonchev–Trinajstić information content (AvgIpc) is 3.28. The monoisotopic (exact) mass is 429 g/mol. The maximum absolute atomic E-state index is 12.1. The summed E-state index contributed by atoms with van der Waals surface area (Å²) in [6.45, 7) is 2.01. The van der Waals surface area contributed by atoms with Crippen LogP contribution in [-0.2, 0) is 10.0 Å². The van der Waals surface area contributed by atoms with E-state index < -0.39 is 10.0 Å². The molecule has 0 aliphatic carbocycles. The average molecular weight is 430 g/mol. The second kappa shape index (κ2) is 7.18. The molecule has 2 N–H and O–H groups in total. The fraction of sp³-hybridized carbons (Fsp3) is 0.0500. The van der Waals surface area contributed by atoms with Crippen LogP contribution in [0.1, 0.15) is 5.56 Å². The van der Waals surface area contributed by atoms with Gasteiger partial charge >= 0.3 is 0 Å². The predicted molar refractivity (Wildman–Crippen MR) is 113 cm³/mol. The second-order valence-corrected chi connectivity index (χ2v) is 9.21. The van der Waals surface area contributed by atoms with Crippen LogP contribution < -0.4 is 5.14 Å². The molecule has 0 amide bonds. The Morgan fingerprint density at radius 2 is 1.79 bits per heavy atom. The molecule has 5 nitrogen and oxygen atoms in total. The van der Waals surface area contributed by atoms with E-state index in [0.717, 1.165) is 21.7 Å². The number of primary sulfonamides is 1. The van der Waals surface area contributed by atoms with E-state index in [1.54, 1.807) is 46.4 Å². The molecule has 0 radical (unpaired) electrons. The summed E-state index contributed by atoms with van der Waals surface area (Å²) in [5.74, 6) is 0. The lowest BCUT2D eigenvalue weighted by atomic mass is 10.1. The van der Waals surface area contributed by atoms with Crippen LogP contribution >= 0.6 is 22.9 Å². The van der Waals surface area contributed by atoms with E-state index in [2.05, 4.69) is 0 Å². The fourth-order valence-corrected chi connectivity index (χ4v) is 4.68. The number of hydrogen-bond acceptors (Lipinski definition) is 4. The molecule has 0 aliphatic heterocycles. The first kappa shape index (κ1) is 18.9. The van der Waals surface area contributed by atoms with Gasteiger partial charge in [-0.05, 0) is 54.3 Å². The highest BCUT2D eigenvalue weighted by Crippen LogP contribution is 2.34. The third kappa shape index (κ3) is 3.62. The number of nitrogens with two attached hydrogens (primary N) is 1. The third-order valence-corrected chi connectivity index (χ3v) is 6.51. The summed E-state index contributed by atoms with van der Waals surface area (Å²) in [5.41, 5.74) is 3.92. The summed E-state index contributed by atoms with van der Waals surface area (Å²) in [7, 11) is -3.91. The molecule has 4 rings (SSSR count). The minimum atomic E-state index is -3.91. The number of rotatable bonds is 4. The number of benzene rings is 2. The van der Waals surface area contributed by atoms with Crippen molar-refractivity contribution in [2.24, 2.45) is 5.14 Å². The van der Waals surface area contributed by atoms with Crippen LogP contribution in [0.3, 0.4) is 0 Å². The molecule has 0 atom stereocenters. The van der Waals surface area contributed by atoms with E-state index in [1.807, 2.05) is 36.6 Å². The Morgan fingerprint density at radius 3 is 2.43 bits per heavy atom. The fourth-order valence-electron chi connectivity index (χ4n) is 2.94. The Balaban J connectivity index is 1.98. The number of aryl methyl sites for hydroxylation is 1. The highest BCUT2D eigenvalue weighted by Gasteiger charge is 2.20. The summed E-state index contributed by atoms with van der Waals surface area (Å²) in [6, 6.07) is 17.9. The molecule has 2 aromatic heterocycles. The van der Waals surface area contributed by atoms with Crippen molar-refractivity contribution in [1.82, 2.24) is 9.78 Å². The quantitative estimate of drug-likeness (QED) is 0.502. The van der Waals surface area contributed by atoms with Crippen molar-refractivity contribution in [2.45, 2.75) is 11.8 Å². The molecular weight excluding hydrogens is 414 g/mol. The molecule has 2 heterocycles. The van der Waals surface area contributed by atoms with Gasteiger partial charge in [-0.1, -0.05) is 35.9 Å². The molecule has 8 heteroatoms. The van der Waals surface area contributed by atoms with E-state index in [0.29, 0.717) is 16.4 Å². The molecule has 2 aromatic carbocycles. The van der Waals surface area contributed by atoms with E-state index in [4.69, 9.17) is 21.8 Å². The van der Waals surface area contributed by atoms with Crippen molar-refractivity contribution in [3.05, 3.63) is 76.6 Å². The summed E-state index contributed by atoms with van der Waals surface area (Å²) in [5, 5.41) is 12.8. The van der Waals surface area contributed by atoms with Crippen molar-refractivity contribution in [2.75, 3.05) is 0 Å². The van der Waals surface area contributed by atoms with Gasteiger partial charge in [-0.15, -0.1) is 11.3 Å². The van der Waals surface area contributed by atoms with Gasteiger partial charge in [0, 0.05) is 10.6 Å². The van der Waals surface area contributed by atoms with Crippen LogP contribution in [0.25, 0.3) is 27.5 Å². The first-order chi connectivity index (χ1) is 13.3. The largest absolute Gasteiger partial charge is 0.240 e. The Morgan fingerprint density at radius 1 is 1.07 bits per heavy atom. The smallest absolute Gasteiger partial charge is 0.230 e. The van der Waals surface area contributed by atoms with E-state index in [-0.39, 0.29) is 4.90 Å². The van der Waals surface area contributed by atoms with Crippen molar-refractivity contribution in [1.29, 1.82) is 0 Å². The van der Waals surface area contributed by atoms with Crippen LogP contribution in [0.15, 0.2) is 70.9 Å². The zero-order chi connectivity index (χ0) is 19.9. The molecule has 0 saturated heterocycles. The Kier molecular flexibility index (Phi) is 4.84. The number of hydrogen-bond donors (Lipinski definition) is 1. The molecule has 0 spiro atoms. The molecule has 4 aromatic rings. The molecule has 0 unspecified atom stereocenters. The van der Waals surface area contributed by atoms with E-state index in [9.17, 15) is 8.42 Å². The number of para-hydroxylation sites is 1. The summed E-state index contributed by atoms with van der Waals surface area (Å²) >= 11 is 7.57. The SMILES string of the molecule is Cc1csc(-c2cc(-c3ccc(Cl)cc3)nn2-c2ccccc2S(N)(=O)=O)c1. The molecule has 142 valence electrons. The predicted octanol–water partition coefficient (Wildman–Crippen LogP) is 4.88. The zero-order valence-electron chi connectivity index (χ0n) is 14.8. The molecule has 28 heavy (non-hydrogen) atoms. The van der Waals surface area contributed by atoms with E-state index in [1.165, 1.54) is 6.07 Å². The zero-order valence-corrected chi connectivity index (χ0v) is 17.2. The van der Waals surface area contributed by atoms with Crippen molar-refractivity contribution >= 4 is 33.0 Å². The lowest BCUT2D eigenvalue weighted by molar-refractivity contribution is 0.596. The van der Waals surface area contributed by atoms with Crippen LogP contribution in [0.4, 0.5) is 0 Å².